The van der Waals surface area contributed by atoms with E-state index in [1.165, 1.54) is 33.8 Å². The van der Waals surface area contributed by atoms with E-state index in [4.69, 9.17) is 0 Å². The molecule has 114 valence electrons. The van der Waals surface area contributed by atoms with Gasteiger partial charge in [-0.3, -0.25) is 0 Å². The van der Waals surface area contributed by atoms with E-state index in [0.29, 0.717) is 18.1 Å². The summed E-state index contributed by atoms with van der Waals surface area (Å²) < 4.78 is 30.9. The molecule has 0 atom stereocenters. The Morgan fingerprint density at radius 3 is 2.48 bits per heavy atom. The summed E-state index contributed by atoms with van der Waals surface area (Å²) in [5, 5.41) is 0.699. The summed E-state index contributed by atoms with van der Waals surface area (Å²) in [5.41, 5.74) is 0. The lowest BCUT2D eigenvalue weighted by molar-refractivity contribution is 0.445. The molecule has 21 heavy (non-hydrogen) atoms. The van der Waals surface area contributed by atoms with E-state index < -0.39 is 10.0 Å². The van der Waals surface area contributed by atoms with Crippen LogP contribution in [0, 0.1) is 6.92 Å². The third-order valence-electron chi connectivity index (χ3n) is 2.75. The van der Waals surface area contributed by atoms with Crippen LogP contribution in [0.1, 0.15) is 19.7 Å². The van der Waals surface area contributed by atoms with E-state index in [-0.39, 0.29) is 4.90 Å². The number of aryl methyl sites for hydroxylation is 1. The average Bonchev–Trinajstić information content (AvgIpc) is 2.86. The summed E-state index contributed by atoms with van der Waals surface area (Å²) in [6.07, 6.45) is 1.39. The normalized spacial score (nSPS) is 12.0. The Labute approximate surface area is 132 Å². The molecular formula is C12H16N4O2S3. The van der Waals surface area contributed by atoms with Crippen LogP contribution in [0.5, 0.6) is 0 Å². The van der Waals surface area contributed by atoms with Crippen molar-refractivity contribution in [3.05, 3.63) is 24.2 Å². The van der Waals surface area contributed by atoms with E-state index in [1.807, 2.05) is 20.8 Å². The molecule has 2 heterocycles. The zero-order valence-corrected chi connectivity index (χ0v) is 14.4. The van der Waals surface area contributed by atoms with Gasteiger partial charge in [0.1, 0.15) is 15.7 Å². The van der Waals surface area contributed by atoms with Crippen LogP contribution in [0.2, 0.25) is 0 Å². The molecule has 0 saturated carbocycles. The van der Waals surface area contributed by atoms with Gasteiger partial charge in [-0.15, -0.1) is 0 Å². The molecule has 0 N–H and O–H groups in total. The minimum absolute atomic E-state index is 0.212. The highest BCUT2D eigenvalue weighted by atomic mass is 32.2. The second kappa shape index (κ2) is 6.82. The number of rotatable bonds is 6. The van der Waals surface area contributed by atoms with E-state index in [2.05, 4.69) is 14.3 Å². The van der Waals surface area contributed by atoms with Gasteiger partial charge in [0.05, 0.1) is 0 Å². The molecule has 2 aromatic heterocycles. The Morgan fingerprint density at radius 1 is 1.29 bits per heavy atom. The molecule has 0 spiro atoms. The predicted octanol–water partition coefficient (Wildman–Crippen LogP) is 2.42. The quantitative estimate of drug-likeness (QED) is 0.801. The van der Waals surface area contributed by atoms with Gasteiger partial charge < -0.3 is 0 Å². The van der Waals surface area contributed by atoms with Crippen LogP contribution in [0.3, 0.4) is 0 Å². The second-order valence-electron chi connectivity index (χ2n) is 4.13. The number of sulfonamides is 1. The van der Waals surface area contributed by atoms with Gasteiger partial charge in [-0.1, -0.05) is 13.8 Å². The molecule has 2 aromatic rings. The number of nitrogens with zero attached hydrogens (tertiary/aromatic N) is 4. The number of hydrogen-bond acceptors (Lipinski definition) is 7. The topological polar surface area (TPSA) is 76.1 Å². The van der Waals surface area contributed by atoms with Crippen LogP contribution in [-0.4, -0.2) is 40.2 Å². The molecular weight excluding hydrogens is 328 g/mol. The van der Waals surface area contributed by atoms with Gasteiger partial charge in [0.2, 0.25) is 10.0 Å². The van der Waals surface area contributed by atoms with Gasteiger partial charge >= 0.3 is 0 Å². The summed E-state index contributed by atoms with van der Waals surface area (Å²) >= 11 is 2.67. The largest absolute Gasteiger partial charge is 0.248 e. The molecule has 0 aliphatic rings. The number of hydrogen-bond donors (Lipinski definition) is 0. The van der Waals surface area contributed by atoms with E-state index in [0.717, 1.165) is 10.2 Å². The Kier molecular flexibility index (Phi) is 5.31. The molecule has 0 amide bonds. The van der Waals surface area contributed by atoms with Crippen LogP contribution < -0.4 is 0 Å². The SMILES string of the molecule is CCN(CC)S(=O)(=O)c1ccc(Sc2nc(C)ns2)nc1. The van der Waals surface area contributed by atoms with Crippen molar-refractivity contribution < 1.29 is 8.42 Å². The van der Waals surface area contributed by atoms with Gasteiger partial charge in [-0.25, -0.2) is 18.4 Å². The van der Waals surface area contributed by atoms with Crippen molar-refractivity contribution >= 4 is 33.3 Å². The second-order valence-corrected chi connectivity index (χ2v) is 8.09. The zero-order chi connectivity index (χ0) is 15.5. The summed E-state index contributed by atoms with van der Waals surface area (Å²) in [6, 6.07) is 3.27. The first-order chi connectivity index (χ1) is 9.97. The Balaban J connectivity index is 2.19. The lowest BCUT2D eigenvalue weighted by atomic mass is 10.5. The Morgan fingerprint density at radius 2 is 2.00 bits per heavy atom. The molecule has 0 fully saturated rings. The highest BCUT2D eigenvalue weighted by molar-refractivity contribution is 8.00. The summed E-state index contributed by atoms with van der Waals surface area (Å²) in [5.74, 6) is 0.725. The fourth-order valence-electron chi connectivity index (χ4n) is 1.70. The Bertz CT molecular complexity index is 694. The van der Waals surface area contributed by atoms with Crippen molar-refractivity contribution in [3.8, 4) is 0 Å². The smallest absolute Gasteiger partial charge is 0.244 e. The van der Waals surface area contributed by atoms with Crippen LogP contribution >= 0.6 is 23.3 Å². The lowest BCUT2D eigenvalue weighted by Gasteiger charge is -2.18. The van der Waals surface area contributed by atoms with Gasteiger partial charge in [0, 0.05) is 19.3 Å². The first kappa shape index (κ1) is 16.3. The molecule has 0 aliphatic carbocycles. The highest BCUT2D eigenvalue weighted by Crippen LogP contribution is 2.28. The van der Waals surface area contributed by atoms with Crippen molar-refractivity contribution in [2.75, 3.05) is 13.1 Å². The first-order valence-corrected chi connectivity index (χ1v) is 9.44. The lowest BCUT2D eigenvalue weighted by Crippen LogP contribution is -2.30. The summed E-state index contributed by atoms with van der Waals surface area (Å²) in [7, 11) is -3.45. The van der Waals surface area contributed by atoms with Crippen molar-refractivity contribution in [2.24, 2.45) is 0 Å². The molecule has 9 heteroatoms. The molecule has 0 radical (unpaired) electrons. The van der Waals surface area contributed by atoms with Crippen LogP contribution in [0.15, 0.2) is 32.6 Å². The molecule has 6 nitrogen and oxygen atoms in total. The molecule has 0 bridgehead atoms. The maximum Gasteiger partial charge on any atom is 0.244 e. The minimum Gasteiger partial charge on any atom is -0.248 e. The average molecular weight is 344 g/mol. The van der Waals surface area contributed by atoms with Crippen LogP contribution in [-0.2, 0) is 10.0 Å². The van der Waals surface area contributed by atoms with E-state index in [9.17, 15) is 8.42 Å². The van der Waals surface area contributed by atoms with Crippen molar-refractivity contribution in [1.29, 1.82) is 0 Å². The van der Waals surface area contributed by atoms with Crippen molar-refractivity contribution in [3.63, 3.8) is 0 Å². The van der Waals surface area contributed by atoms with Crippen LogP contribution in [0.25, 0.3) is 0 Å². The third kappa shape index (κ3) is 3.79. The van der Waals surface area contributed by atoms with Crippen molar-refractivity contribution in [1.82, 2.24) is 18.6 Å². The van der Waals surface area contributed by atoms with E-state index >= 15 is 0 Å². The summed E-state index contributed by atoms with van der Waals surface area (Å²) in [6.45, 7) is 6.35. The standard InChI is InChI=1S/C12H16N4O2S3/c1-4-16(5-2)21(17,18)10-6-7-11(13-8-10)19-12-14-9(3)15-20-12/h6-8H,4-5H2,1-3H3. The number of aromatic nitrogens is 3. The maximum absolute atomic E-state index is 12.3. The molecule has 2 rings (SSSR count). The van der Waals surface area contributed by atoms with Gasteiger partial charge in [-0.05, 0) is 42.4 Å². The Hall–Kier alpha value is -1.03. The van der Waals surface area contributed by atoms with Gasteiger partial charge in [0.25, 0.3) is 0 Å². The molecule has 0 unspecified atom stereocenters. The monoisotopic (exact) mass is 344 g/mol. The maximum atomic E-state index is 12.3. The highest BCUT2D eigenvalue weighted by Gasteiger charge is 2.21. The number of pyridine rings is 1. The first-order valence-electron chi connectivity index (χ1n) is 6.41. The molecule has 0 aromatic carbocycles. The van der Waals surface area contributed by atoms with Crippen molar-refractivity contribution in [2.45, 2.75) is 35.0 Å². The predicted molar refractivity (Wildman–Crippen MR) is 83.1 cm³/mol. The fourth-order valence-corrected chi connectivity index (χ4v) is 4.64. The molecule has 0 saturated heterocycles. The van der Waals surface area contributed by atoms with Gasteiger partial charge in [0.15, 0.2) is 4.34 Å². The summed E-state index contributed by atoms with van der Waals surface area (Å²) in [4.78, 5) is 8.64. The van der Waals surface area contributed by atoms with E-state index in [1.54, 1.807) is 12.1 Å². The molecule has 0 aliphatic heterocycles. The minimum atomic E-state index is -3.45. The third-order valence-corrected chi connectivity index (χ3v) is 6.58. The van der Waals surface area contributed by atoms with Crippen LogP contribution in [0.4, 0.5) is 0 Å². The van der Waals surface area contributed by atoms with Gasteiger partial charge in [-0.2, -0.15) is 8.68 Å². The fraction of sp³-hybridized carbons (Fsp3) is 0.417. The zero-order valence-electron chi connectivity index (χ0n) is 12.0.